The van der Waals surface area contributed by atoms with Crippen molar-refractivity contribution < 1.29 is 19.0 Å². The fourth-order valence-electron chi connectivity index (χ4n) is 5.26. The van der Waals surface area contributed by atoms with Crippen LogP contribution in [0.5, 0.6) is 0 Å². The van der Waals surface area contributed by atoms with Crippen LogP contribution in [0.25, 0.3) is 11.1 Å². The van der Waals surface area contributed by atoms with Crippen LogP contribution in [0, 0.1) is 6.92 Å². The number of fused-ring (bicyclic) bond motifs is 3. The number of anilines is 2. The van der Waals surface area contributed by atoms with E-state index in [2.05, 4.69) is 37.1 Å². The first-order chi connectivity index (χ1) is 17.6. The Labute approximate surface area is 217 Å². The minimum absolute atomic E-state index is 0.154. The number of nitrogens with one attached hydrogen (secondary N) is 1. The predicted octanol–water partition coefficient (Wildman–Crippen LogP) is 5.07. The molecule has 2 unspecified atom stereocenters. The second-order valence-corrected chi connectivity index (χ2v) is 11.2. The van der Waals surface area contributed by atoms with E-state index in [1.54, 1.807) is 12.3 Å². The number of halogens is 1. The number of nitrogens with zero attached hydrogens (tertiary/aromatic N) is 2. The lowest BCUT2D eigenvalue weighted by Gasteiger charge is -2.48. The van der Waals surface area contributed by atoms with Crippen LogP contribution >= 0.6 is 0 Å². The molecule has 3 aromatic rings. The summed E-state index contributed by atoms with van der Waals surface area (Å²) in [6.45, 7) is 9.06. The fraction of sp³-hybridized carbons (Fsp3) is 0.400. The molecule has 0 spiro atoms. The zero-order valence-electron chi connectivity index (χ0n) is 21.8. The summed E-state index contributed by atoms with van der Waals surface area (Å²) in [7, 11) is 0. The number of hydrogen-bond acceptors (Lipinski definition) is 5. The van der Waals surface area contributed by atoms with Gasteiger partial charge in [0.25, 0.3) is 5.91 Å². The molecule has 0 aliphatic carbocycles. The Kier molecular flexibility index (Phi) is 6.54. The highest BCUT2D eigenvalue weighted by molar-refractivity contribution is 6.04. The van der Waals surface area contributed by atoms with E-state index in [1.165, 1.54) is 0 Å². The van der Waals surface area contributed by atoms with Gasteiger partial charge in [0.15, 0.2) is 5.67 Å². The van der Waals surface area contributed by atoms with Gasteiger partial charge < -0.3 is 20.1 Å². The molecule has 6 nitrogen and oxygen atoms in total. The van der Waals surface area contributed by atoms with E-state index >= 15 is 4.39 Å². The number of hydrogen-bond donors (Lipinski definition) is 2. The van der Waals surface area contributed by atoms with Crippen LogP contribution < -0.4 is 10.2 Å². The highest BCUT2D eigenvalue weighted by Gasteiger charge is 2.48. The summed E-state index contributed by atoms with van der Waals surface area (Å²) in [5.41, 5.74) is 5.16. The average molecular weight is 504 g/mol. The number of aliphatic hydroxyl groups is 1. The maximum absolute atomic E-state index is 15.6. The van der Waals surface area contributed by atoms with Crippen molar-refractivity contribution in [3.63, 3.8) is 0 Å². The maximum Gasteiger partial charge on any atom is 0.255 e. The number of benzene rings is 2. The van der Waals surface area contributed by atoms with Gasteiger partial charge in [-0.1, -0.05) is 39.0 Å². The number of ether oxygens (including phenoxy) is 1. The Bertz CT molecular complexity index is 1340. The lowest BCUT2D eigenvalue weighted by atomic mass is 9.82. The second-order valence-electron chi connectivity index (χ2n) is 11.2. The Hall–Kier alpha value is -3.29. The van der Waals surface area contributed by atoms with E-state index < -0.39 is 18.3 Å². The van der Waals surface area contributed by atoms with Crippen molar-refractivity contribution in [2.75, 3.05) is 36.6 Å². The predicted molar refractivity (Wildman–Crippen MR) is 144 cm³/mol. The van der Waals surface area contributed by atoms with Crippen molar-refractivity contribution in [2.24, 2.45) is 0 Å². The molecule has 37 heavy (non-hydrogen) atoms. The second kappa shape index (κ2) is 9.54. The van der Waals surface area contributed by atoms with Crippen molar-refractivity contribution in [3.8, 4) is 11.1 Å². The summed E-state index contributed by atoms with van der Waals surface area (Å²) in [5.74, 6) is -0.187. The minimum Gasteiger partial charge on any atom is -0.393 e. The zero-order chi connectivity index (χ0) is 26.4. The molecule has 1 saturated heterocycles. The Balaban J connectivity index is 1.45. The lowest BCUT2D eigenvalue weighted by Crippen LogP contribution is -2.62. The standard InChI is InChI=1S/C30H34FN3O3/c1-19-5-8-23(33-28(36)21-9-10-32-26(14-21)29(2,3)4)15-24(19)20-6-7-22-16-30(31,18-35)27-17-37-12-11-34(27)25(22)13-20/h5-10,13-15,27,35H,11-12,16-18H2,1-4H3,(H,33,36). The monoisotopic (exact) mass is 503 g/mol. The van der Waals surface area contributed by atoms with Crippen molar-refractivity contribution >= 4 is 17.3 Å². The zero-order valence-corrected chi connectivity index (χ0v) is 21.8. The van der Waals surface area contributed by atoms with Crippen molar-refractivity contribution in [3.05, 3.63) is 77.1 Å². The summed E-state index contributed by atoms with van der Waals surface area (Å²) in [6.07, 6.45) is 1.83. The summed E-state index contributed by atoms with van der Waals surface area (Å²) in [4.78, 5) is 19.5. The lowest BCUT2D eigenvalue weighted by molar-refractivity contribution is -0.0173. The summed E-state index contributed by atoms with van der Waals surface area (Å²) in [6, 6.07) is 15.0. The number of aromatic nitrogens is 1. The molecular formula is C30H34FN3O3. The molecule has 1 aromatic heterocycles. The molecule has 0 radical (unpaired) electrons. The number of amides is 1. The molecule has 2 N–H and O–H groups in total. The van der Waals surface area contributed by atoms with E-state index in [9.17, 15) is 9.90 Å². The molecule has 194 valence electrons. The topological polar surface area (TPSA) is 74.7 Å². The highest BCUT2D eigenvalue weighted by atomic mass is 19.1. The van der Waals surface area contributed by atoms with Gasteiger partial charge in [0.05, 0.1) is 25.9 Å². The van der Waals surface area contributed by atoms with Gasteiger partial charge in [-0.15, -0.1) is 0 Å². The SMILES string of the molecule is Cc1ccc(NC(=O)c2ccnc(C(C)(C)C)c2)cc1-c1ccc2c(c1)N1CCOCC1C(F)(CO)C2. The molecule has 2 atom stereocenters. The fourth-order valence-corrected chi connectivity index (χ4v) is 5.26. The van der Waals surface area contributed by atoms with Crippen molar-refractivity contribution in [1.29, 1.82) is 0 Å². The normalized spacial score (nSPS) is 21.2. The van der Waals surface area contributed by atoms with Crippen LogP contribution in [0.2, 0.25) is 0 Å². The first kappa shape index (κ1) is 25.4. The third-order valence-corrected chi connectivity index (χ3v) is 7.46. The Morgan fingerprint density at radius 2 is 2.03 bits per heavy atom. The van der Waals surface area contributed by atoms with Crippen LogP contribution in [0.4, 0.5) is 15.8 Å². The van der Waals surface area contributed by atoms with Crippen LogP contribution in [0.3, 0.4) is 0 Å². The van der Waals surface area contributed by atoms with Crippen molar-refractivity contribution in [1.82, 2.24) is 4.98 Å². The Morgan fingerprint density at radius 3 is 2.78 bits per heavy atom. The number of aliphatic hydroxyl groups excluding tert-OH is 1. The summed E-state index contributed by atoms with van der Waals surface area (Å²) < 4.78 is 21.2. The first-order valence-corrected chi connectivity index (χ1v) is 12.7. The summed E-state index contributed by atoms with van der Waals surface area (Å²) >= 11 is 0. The van der Waals surface area contributed by atoms with Gasteiger partial charge in [0, 0.05) is 47.2 Å². The van der Waals surface area contributed by atoms with Gasteiger partial charge in [-0.25, -0.2) is 4.39 Å². The number of rotatable bonds is 4. The number of pyridine rings is 1. The van der Waals surface area contributed by atoms with Gasteiger partial charge in [-0.05, 0) is 59.5 Å². The summed E-state index contributed by atoms with van der Waals surface area (Å²) in [5, 5.41) is 12.9. The largest absolute Gasteiger partial charge is 0.393 e. The number of morpholine rings is 1. The van der Waals surface area contributed by atoms with Gasteiger partial charge >= 0.3 is 0 Å². The van der Waals surface area contributed by atoms with E-state index in [0.717, 1.165) is 33.6 Å². The molecule has 0 bridgehead atoms. The smallest absolute Gasteiger partial charge is 0.255 e. The van der Waals surface area contributed by atoms with Gasteiger partial charge in [0.2, 0.25) is 0 Å². The maximum atomic E-state index is 15.6. The molecule has 2 aliphatic heterocycles. The number of alkyl halides is 1. The molecule has 5 rings (SSSR count). The van der Waals surface area contributed by atoms with Crippen LogP contribution in [0.15, 0.2) is 54.7 Å². The Morgan fingerprint density at radius 1 is 1.22 bits per heavy atom. The van der Waals surface area contributed by atoms with Crippen molar-refractivity contribution in [2.45, 2.75) is 51.2 Å². The van der Waals surface area contributed by atoms with Gasteiger partial charge in [-0.2, -0.15) is 0 Å². The van der Waals surface area contributed by atoms with Gasteiger partial charge in [0.1, 0.15) is 0 Å². The van der Waals surface area contributed by atoms with E-state index in [-0.39, 0.29) is 24.3 Å². The van der Waals surface area contributed by atoms with E-state index in [1.807, 2.05) is 48.2 Å². The molecule has 7 heteroatoms. The van der Waals surface area contributed by atoms with E-state index in [4.69, 9.17) is 4.74 Å². The van der Waals surface area contributed by atoms with Crippen LogP contribution in [-0.4, -0.2) is 54.1 Å². The minimum atomic E-state index is -1.73. The highest BCUT2D eigenvalue weighted by Crippen LogP contribution is 2.42. The average Bonchev–Trinajstić information content (AvgIpc) is 2.89. The third kappa shape index (κ3) is 4.86. The molecule has 2 aliphatic rings. The first-order valence-electron chi connectivity index (χ1n) is 12.7. The molecule has 3 heterocycles. The quantitative estimate of drug-likeness (QED) is 0.520. The van der Waals surface area contributed by atoms with Crippen LogP contribution in [0.1, 0.15) is 48.0 Å². The molecule has 1 fully saturated rings. The molecule has 0 saturated carbocycles. The third-order valence-electron chi connectivity index (χ3n) is 7.46. The van der Waals surface area contributed by atoms with Crippen LogP contribution in [-0.2, 0) is 16.6 Å². The number of carbonyl (C=O) groups is 1. The molecule has 2 aromatic carbocycles. The molecular weight excluding hydrogens is 469 g/mol. The van der Waals surface area contributed by atoms with E-state index in [0.29, 0.717) is 24.4 Å². The number of carbonyl (C=O) groups excluding carboxylic acids is 1. The van der Waals surface area contributed by atoms with Gasteiger partial charge in [-0.3, -0.25) is 9.78 Å². The number of aryl methyl sites for hydroxylation is 1. The molecule has 1 amide bonds.